The largest absolute Gasteiger partial charge is 0.495 e. The first-order chi connectivity index (χ1) is 9.38. The first-order valence-corrected chi connectivity index (χ1v) is 5.28. The number of benzene rings is 1. The summed E-state index contributed by atoms with van der Waals surface area (Å²) in [6.07, 6.45) is -5.17. The van der Waals surface area contributed by atoms with Gasteiger partial charge in [-0.3, -0.25) is 9.68 Å². The second-order valence-corrected chi connectivity index (χ2v) is 3.66. The first kappa shape index (κ1) is 13.8. The third-order valence-corrected chi connectivity index (χ3v) is 2.24. The zero-order valence-electron chi connectivity index (χ0n) is 9.73. The average molecular weight is 288 g/mol. The van der Waals surface area contributed by atoms with E-state index in [9.17, 15) is 22.8 Å². The molecule has 0 bridgehead atoms. The van der Waals surface area contributed by atoms with Crippen LogP contribution in [-0.2, 0) is 14.6 Å². The van der Waals surface area contributed by atoms with Crippen molar-refractivity contribution in [1.29, 1.82) is 0 Å². The first-order valence-electron chi connectivity index (χ1n) is 5.28. The number of alkyl halides is 3. The minimum atomic E-state index is -5.17. The molecule has 0 saturated heterocycles. The van der Waals surface area contributed by atoms with E-state index in [1.165, 1.54) is 12.1 Å². The van der Waals surface area contributed by atoms with Gasteiger partial charge in [-0.15, -0.1) is 0 Å². The molecule has 1 N–H and O–H groups in total. The van der Waals surface area contributed by atoms with E-state index >= 15 is 0 Å². The van der Waals surface area contributed by atoms with Crippen LogP contribution < -0.4 is 5.32 Å². The van der Waals surface area contributed by atoms with Gasteiger partial charge >= 0.3 is 12.1 Å². The summed E-state index contributed by atoms with van der Waals surface area (Å²) in [7, 11) is 0. The predicted molar refractivity (Wildman–Crippen MR) is 59.1 cm³/mol. The highest BCUT2D eigenvalue weighted by Gasteiger charge is 2.43. The summed E-state index contributed by atoms with van der Waals surface area (Å²) in [5.74, 6) is -3.35. The van der Waals surface area contributed by atoms with Crippen molar-refractivity contribution < 1.29 is 32.5 Å². The second kappa shape index (κ2) is 5.19. The quantitative estimate of drug-likeness (QED) is 0.579. The van der Waals surface area contributed by atoms with Gasteiger partial charge in [-0.05, 0) is 12.1 Å². The summed E-state index contributed by atoms with van der Waals surface area (Å²) in [5.41, 5.74) is 0.425. The number of hydrogen-bond acceptors (Lipinski definition) is 5. The van der Waals surface area contributed by atoms with E-state index in [2.05, 4.69) is 20.1 Å². The predicted octanol–water partition coefficient (Wildman–Crippen LogP) is 1.50. The normalized spacial score (nSPS) is 14.6. The van der Waals surface area contributed by atoms with Gasteiger partial charge in [0.2, 0.25) is 0 Å². The Morgan fingerprint density at radius 1 is 1.30 bits per heavy atom. The number of amides is 1. The number of nitrogens with one attached hydrogen (secondary N) is 1. The summed E-state index contributed by atoms with van der Waals surface area (Å²) in [6, 6.07) is 6.14. The van der Waals surface area contributed by atoms with E-state index in [1.54, 1.807) is 12.1 Å². The maximum absolute atomic E-state index is 11.9. The smallest absolute Gasteiger partial charge is 0.343 e. The Morgan fingerprint density at radius 3 is 2.70 bits per heavy atom. The van der Waals surface area contributed by atoms with Gasteiger partial charge in [-0.2, -0.15) is 13.2 Å². The van der Waals surface area contributed by atoms with Crippen molar-refractivity contribution in [3.05, 3.63) is 29.8 Å². The number of carbonyl (C=O) groups is 2. The van der Waals surface area contributed by atoms with E-state index in [1.807, 2.05) is 0 Å². The Labute approximate surface area is 110 Å². The molecule has 1 aromatic carbocycles. The van der Waals surface area contributed by atoms with Crippen molar-refractivity contribution in [3.63, 3.8) is 0 Å². The van der Waals surface area contributed by atoms with Crippen molar-refractivity contribution in [2.75, 3.05) is 6.54 Å². The SMILES string of the molecule is O=C1NCC(OOC(=O)C(F)(F)F)=Nc2ccccc21. The van der Waals surface area contributed by atoms with Gasteiger partial charge in [0.1, 0.15) is 0 Å². The summed E-state index contributed by atoms with van der Waals surface area (Å²) in [4.78, 5) is 33.7. The van der Waals surface area contributed by atoms with Crippen LogP contribution in [0, 0.1) is 0 Å². The minimum absolute atomic E-state index is 0.195. The molecule has 6 nitrogen and oxygen atoms in total. The van der Waals surface area contributed by atoms with Crippen molar-refractivity contribution in [2.45, 2.75) is 6.18 Å². The van der Waals surface area contributed by atoms with Gasteiger partial charge < -0.3 is 5.32 Å². The summed E-state index contributed by atoms with van der Waals surface area (Å²) in [6.45, 7) is -0.307. The molecule has 9 heteroatoms. The van der Waals surface area contributed by atoms with Crippen molar-refractivity contribution in [1.82, 2.24) is 5.32 Å². The van der Waals surface area contributed by atoms with Crippen LogP contribution in [0.25, 0.3) is 0 Å². The molecule has 1 aliphatic rings. The Bertz CT molecular complexity index is 583. The molecule has 106 valence electrons. The molecule has 1 amide bonds. The van der Waals surface area contributed by atoms with E-state index in [0.717, 1.165) is 0 Å². The molecule has 0 aliphatic carbocycles. The lowest BCUT2D eigenvalue weighted by Crippen LogP contribution is -2.31. The van der Waals surface area contributed by atoms with Gasteiger partial charge in [0, 0.05) is 0 Å². The van der Waals surface area contributed by atoms with Crippen LogP contribution in [0.2, 0.25) is 0 Å². The third kappa shape index (κ3) is 3.05. The Kier molecular flexibility index (Phi) is 3.59. The van der Waals surface area contributed by atoms with Crippen LogP contribution in [0.4, 0.5) is 18.9 Å². The zero-order chi connectivity index (χ0) is 14.8. The lowest BCUT2D eigenvalue weighted by atomic mass is 10.2. The maximum Gasteiger partial charge on any atom is 0.495 e. The van der Waals surface area contributed by atoms with Crippen LogP contribution in [0.1, 0.15) is 10.4 Å². The van der Waals surface area contributed by atoms with E-state index in [-0.39, 0.29) is 23.7 Å². The molecule has 0 unspecified atom stereocenters. The molecule has 1 aliphatic heterocycles. The fourth-order valence-electron chi connectivity index (χ4n) is 1.37. The molecule has 0 aromatic heterocycles. The lowest BCUT2D eigenvalue weighted by molar-refractivity contribution is -0.263. The van der Waals surface area contributed by atoms with Gasteiger partial charge in [0.25, 0.3) is 11.8 Å². The topological polar surface area (TPSA) is 77.0 Å². The molecular formula is C11H7F3N2O4. The Balaban J connectivity index is 2.13. The monoisotopic (exact) mass is 288 g/mol. The highest BCUT2D eigenvalue weighted by atomic mass is 19.4. The van der Waals surface area contributed by atoms with Crippen LogP contribution in [0.3, 0.4) is 0 Å². The van der Waals surface area contributed by atoms with Crippen LogP contribution in [-0.4, -0.2) is 30.5 Å². The zero-order valence-corrected chi connectivity index (χ0v) is 9.73. The highest BCUT2D eigenvalue weighted by molar-refractivity contribution is 6.03. The van der Waals surface area contributed by atoms with Crippen LogP contribution in [0.5, 0.6) is 0 Å². The molecule has 2 rings (SSSR count). The molecule has 0 saturated carbocycles. The summed E-state index contributed by atoms with van der Waals surface area (Å²) in [5, 5.41) is 2.35. The summed E-state index contributed by atoms with van der Waals surface area (Å²) >= 11 is 0. The molecule has 1 aromatic rings. The van der Waals surface area contributed by atoms with E-state index in [4.69, 9.17) is 0 Å². The molecular weight excluding hydrogens is 281 g/mol. The molecule has 0 fully saturated rings. The Morgan fingerprint density at radius 2 is 2.00 bits per heavy atom. The van der Waals surface area contributed by atoms with Crippen LogP contribution in [0.15, 0.2) is 29.3 Å². The number of halogens is 3. The van der Waals surface area contributed by atoms with Gasteiger partial charge in [-0.25, -0.2) is 14.7 Å². The van der Waals surface area contributed by atoms with Crippen molar-refractivity contribution in [3.8, 4) is 0 Å². The minimum Gasteiger partial charge on any atom is -0.343 e. The fourth-order valence-corrected chi connectivity index (χ4v) is 1.37. The number of rotatable bonds is 0. The molecule has 0 atom stereocenters. The number of hydrogen-bond donors (Lipinski definition) is 1. The second-order valence-electron chi connectivity index (χ2n) is 3.66. The van der Waals surface area contributed by atoms with Gasteiger partial charge in [-0.1, -0.05) is 12.1 Å². The average Bonchev–Trinajstić information content (AvgIpc) is 2.55. The number of para-hydroxylation sites is 1. The maximum atomic E-state index is 11.9. The number of aliphatic imine (C=N–C) groups is 1. The molecule has 1 heterocycles. The van der Waals surface area contributed by atoms with Gasteiger partial charge in [0.05, 0.1) is 17.8 Å². The molecule has 0 radical (unpaired) electrons. The van der Waals surface area contributed by atoms with Crippen molar-refractivity contribution >= 4 is 23.5 Å². The standard InChI is InChI=1S/C11H7F3N2O4/c12-11(13,14)10(18)20-19-8-5-15-9(17)6-3-1-2-4-7(6)16-8/h1-4H,5H2,(H,15,17). The molecule has 20 heavy (non-hydrogen) atoms. The fraction of sp³-hybridized carbons (Fsp3) is 0.182. The number of carbonyl (C=O) groups excluding carboxylic acids is 2. The summed E-state index contributed by atoms with van der Waals surface area (Å²) < 4.78 is 35.8. The third-order valence-electron chi connectivity index (χ3n) is 2.24. The number of fused-ring (bicyclic) bond motifs is 1. The highest BCUT2D eigenvalue weighted by Crippen LogP contribution is 2.21. The lowest BCUT2D eigenvalue weighted by Gasteiger charge is -2.07. The van der Waals surface area contributed by atoms with E-state index < -0.39 is 18.1 Å². The number of nitrogens with zero attached hydrogens (tertiary/aromatic N) is 1. The Hall–Kier alpha value is -2.58. The van der Waals surface area contributed by atoms with Crippen molar-refractivity contribution in [2.24, 2.45) is 4.99 Å². The van der Waals surface area contributed by atoms with Crippen LogP contribution >= 0.6 is 0 Å². The van der Waals surface area contributed by atoms with E-state index in [0.29, 0.717) is 0 Å². The van der Waals surface area contributed by atoms with Gasteiger partial charge in [0.15, 0.2) is 0 Å². The molecule has 0 spiro atoms.